The lowest BCUT2D eigenvalue weighted by Gasteiger charge is -2.16. The van der Waals surface area contributed by atoms with Crippen molar-refractivity contribution in [2.75, 3.05) is 32.1 Å². The van der Waals surface area contributed by atoms with Gasteiger partial charge in [-0.25, -0.2) is 0 Å². The van der Waals surface area contributed by atoms with E-state index in [1.165, 1.54) is 13.2 Å². The van der Waals surface area contributed by atoms with Crippen LogP contribution in [0.2, 0.25) is 0 Å². The Balaban J connectivity index is 1.70. The Kier molecular flexibility index (Phi) is 7.06. The molecule has 0 bridgehead atoms. The minimum absolute atomic E-state index is 0.0428. The Morgan fingerprint density at radius 1 is 1.13 bits per heavy atom. The molecule has 7 heteroatoms. The standard InChI is InChI=1S/C23H23N3O4/c1-29-21-14-17(9-10-20(21)30-16-22(27)26-11-5-6-12-26)13-18(15-24)23(28)25-19-7-3-2-4-8-19/h2-4,7-10,13-14H,5-6,11-12,16H2,1H3,(H,25,28)/b18-13+. The third kappa shape index (κ3) is 5.39. The number of methoxy groups -OCH3 is 1. The fraction of sp³-hybridized carbons (Fsp3) is 0.261. The van der Waals surface area contributed by atoms with Crippen LogP contribution in [0.5, 0.6) is 11.5 Å². The second kappa shape index (κ2) is 10.1. The number of benzene rings is 2. The summed E-state index contributed by atoms with van der Waals surface area (Å²) in [6.07, 6.45) is 3.52. The molecule has 3 rings (SSSR count). The zero-order valence-electron chi connectivity index (χ0n) is 16.8. The van der Waals surface area contributed by atoms with Crippen molar-refractivity contribution < 1.29 is 19.1 Å². The molecule has 0 aliphatic carbocycles. The molecule has 7 nitrogen and oxygen atoms in total. The Morgan fingerprint density at radius 2 is 1.87 bits per heavy atom. The number of hydrogen-bond donors (Lipinski definition) is 1. The van der Waals surface area contributed by atoms with Gasteiger partial charge in [-0.2, -0.15) is 5.26 Å². The minimum Gasteiger partial charge on any atom is -0.493 e. The van der Waals surface area contributed by atoms with Crippen LogP contribution in [-0.4, -0.2) is 43.5 Å². The number of anilines is 1. The van der Waals surface area contributed by atoms with Crippen molar-refractivity contribution >= 4 is 23.6 Å². The Morgan fingerprint density at radius 3 is 2.53 bits per heavy atom. The summed E-state index contributed by atoms with van der Waals surface area (Å²) < 4.78 is 11.0. The Bertz CT molecular complexity index is 974. The second-order valence-corrected chi connectivity index (χ2v) is 6.78. The van der Waals surface area contributed by atoms with Crippen LogP contribution in [0, 0.1) is 11.3 Å². The fourth-order valence-electron chi connectivity index (χ4n) is 3.13. The molecule has 1 heterocycles. The van der Waals surface area contributed by atoms with Crippen LogP contribution < -0.4 is 14.8 Å². The number of carbonyl (C=O) groups excluding carboxylic acids is 2. The van der Waals surface area contributed by atoms with E-state index in [1.54, 1.807) is 47.4 Å². The number of nitriles is 1. The van der Waals surface area contributed by atoms with Crippen molar-refractivity contribution in [3.05, 3.63) is 59.7 Å². The number of ether oxygens (including phenoxy) is 2. The molecule has 1 fully saturated rings. The van der Waals surface area contributed by atoms with Crippen LogP contribution in [0.4, 0.5) is 5.69 Å². The van der Waals surface area contributed by atoms with Gasteiger partial charge >= 0.3 is 0 Å². The van der Waals surface area contributed by atoms with Crippen LogP contribution in [0.15, 0.2) is 54.1 Å². The van der Waals surface area contributed by atoms with Crippen molar-refractivity contribution in [2.45, 2.75) is 12.8 Å². The molecule has 0 aromatic heterocycles. The van der Waals surface area contributed by atoms with E-state index in [1.807, 2.05) is 12.1 Å². The summed E-state index contributed by atoms with van der Waals surface area (Å²) in [5.74, 6) is 0.287. The zero-order chi connectivity index (χ0) is 21.3. The van der Waals surface area contributed by atoms with Gasteiger partial charge in [0.05, 0.1) is 7.11 Å². The van der Waals surface area contributed by atoms with E-state index in [9.17, 15) is 14.9 Å². The molecule has 154 valence electrons. The summed E-state index contributed by atoms with van der Waals surface area (Å²) >= 11 is 0. The number of para-hydroxylation sites is 1. The molecule has 2 amide bonds. The summed E-state index contributed by atoms with van der Waals surface area (Å²) in [6.45, 7) is 1.48. The Labute approximate surface area is 175 Å². The first-order chi connectivity index (χ1) is 14.6. The number of hydrogen-bond acceptors (Lipinski definition) is 5. The Hall–Kier alpha value is -3.79. The van der Waals surface area contributed by atoms with Crippen LogP contribution in [0.25, 0.3) is 6.08 Å². The van der Waals surface area contributed by atoms with Crippen molar-refractivity contribution in [1.29, 1.82) is 5.26 Å². The van der Waals surface area contributed by atoms with Gasteiger partial charge in [0.15, 0.2) is 18.1 Å². The topological polar surface area (TPSA) is 91.7 Å². The van der Waals surface area contributed by atoms with E-state index in [0.29, 0.717) is 22.7 Å². The maximum absolute atomic E-state index is 12.4. The summed E-state index contributed by atoms with van der Waals surface area (Å²) in [5.41, 5.74) is 1.16. The zero-order valence-corrected chi connectivity index (χ0v) is 16.8. The molecule has 1 aliphatic heterocycles. The van der Waals surface area contributed by atoms with Crippen molar-refractivity contribution in [3.8, 4) is 17.6 Å². The lowest BCUT2D eigenvalue weighted by atomic mass is 10.1. The molecule has 1 N–H and O–H groups in total. The van der Waals surface area contributed by atoms with E-state index in [2.05, 4.69) is 5.32 Å². The molecule has 0 radical (unpaired) electrons. The molecule has 1 aliphatic rings. The first kappa shape index (κ1) is 20.9. The fourth-order valence-corrected chi connectivity index (χ4v) is 3.13. The van der Waals surface area contributed by atoms with Gasteiger partial charge in [0.2, 0.25) is 0 Å². The number of likely N-dealkylation sites (tertiary alicyclic amines) is 1. The summed E-state index contributed by atoms with van der Waals surface area (Å²) in [7, 11) is 1.49. The predicted molar refractivity (Wildman–Crippen MR) is 113 cm³/mol. The molecule has 30 heavy (non-hydrogen) atoms. The third-order valence-corrected chi connectivity index (χ3v) is 4.71. The SMILES string of the molecule is COc1cc(/C=C(\C#N)C(=O)Nc2ccccc2)ccc1OCC(=O)N1CCCC1. The molecule has 0 spiro atoms. The molecular weight excluding hydrogens is 382 g/mol. The number of rotatable bonds is 7. The van der Waals surface area contributed by atoms with E-state index >= 15 is 0 Å². The molecule has 2 aromatic carbocycles. The predicted octanol–water partition coefficient (Wildman–Crippen LogP) is 3.24. The van der Waals surface area contributed by atoms with E-state index in [0.717, 1.165) is 25.9 Å². The number of carbonyl (C=O) groups is 2. The van der Waals surface area contributed by atoms with Gasteiger partial charge in [0.25, 0.3) is 11.8 Å². The quantitative estimate of drug-likeness (QED) is 0.564. The first-order valence-corrected chi connectivity index (χ1v) is 9.67. The normalized spacial score (nSPS) is 13.5. The van der Waals surface area contributed by atoms with Gasteiger partial charge in [-0.05, 0) is 48.7 Å². The lowest BCUT2D eigenvalue weighted by molar-refractivity contribution is -0.132. The second-order valence-electron chi connectivity index (χ2n) is 6.78. The molecule has 2 aromatic rings. The van der Waals surface area contributed by atoms with E-state index in [4.69, 9.17) is 9.47 Å². The smallest absolute Gasteiger partial charge is 0.266 e. The van der Waals surface area contributed by atoms with Gasteiger partial charge in [-0.15, -0.1) is 0 Å². The average molecular weight is 405 g/mol. The summed E-state index contributed by atoms with van der Waals surface area (Å²) in [5, 5.41) is 12.1. The largest absolute Gasteiger partial charge is 0.493 e. The van der Waals surface area contributed by atoms with Gasteiger partial charge < -0.3 is 19.7 Å². The van der Waals surface area contributed by atoms with Crippen LogP contribution >= 0.6 is 0 Å². The van der Waals surface area contributed by atoms with Crippen LogP contribution in [0.3, 0.4) is 0 Å². The molecule has 0 unspecified atom stereocenters. The highest BCUT2D eigenvalue weighted by Gasteiger charge is 2.19. The van der Waals surface area contributed by atoms with Crippen molar-refractivity contribution in [1.82, 2.24) is 4.90 Å². The maximum atomic E-state index is 12.4. The highest BCUT2D eigenvalue weighted by molar-refractivity contribution is 6.09. The highest BCUT2D eigenvalue weighted by atomic mass is 16.5. The van der Waals surface area contributed by atoms with E-state index < -0.39 is 5.91 Å². The molecule has 0 atom stereocenters. The molecular formula is C23H23N3O4. The summed E-state index contributed by atoms with van der Waals surface area (Å²) in [4.78, 5) is 26.3. The van der Waals surface area contributed by atoms with Gasteiger partial charge in [-0.3, -0.25) is 9.59 Å². The lowest BCUT2D eigenvalue weighted by Crippen LogP contribution is -2.32. The highest BCUT2D eigenvalue weighted by Crippen LogP contribution is 2.29. The van der Waals surface area contributed by atoms with E-state index in [-0.39, 0.29) is 18.1 Å². The molecule has 0 saturated carbocycles. The number of amides is 2. The summed E-state index contributed by atoms with van der Waals surface area (Å²) in [6, 6.07) is 15.8. The average Bonchev–Trinajstić information content (AvgIpc) is 3.31. The van der Waals surface area contributed by atoms with Gasteiger partial charge in [-0.1, -0.05) is 24.3 Å². The number of nitrogens with one attached hydrogen (secondary N) is 1. The van der Waals surface area contributed by atoms with Crippen LogP contribution in [-0.2, 0) is 9.59 Å². The van der Waals surface area contributed by atoms with Crippen molar-refractivity contribution in [2.24, 2.45) is 0 Å². The van der Waals surface area contributed by atoms with Gasteiger partial charge in [0.1, 0.15) is 11.6 Å². The maximum Gasteiger partial charge on any atom is 0.266 e. The monoisotopic (exact) mass is 405 g/mol. The van der Waals surface area contributed by atoms with Gasteiger partial charge in [0, 0.05) is 18.8 Å². The minimum atomic E-state index is -0.501. The first-order valence-electron chi connectivity index (χ1n) is 9.67. The van der Waals surface area contributed by atoms with Crippen LogP contribution in [0.1, 0.15) is 18.4 Å². The third-order valence-electron chi connectivity index (χ3n) is 4.71. The van der Waals surface area contributed by atoms with Crippen molar-refractivity contribution in [3.63, 3.8) is 0 Å². The number of nitrogens with zero attached hydrogens (tertiary/aromatic N) is 2. The molecule has 1 saturated heterocycles.